The van der Waals surface area contributed by atoms with Gasteiger partial charge in [-0.1, -0.05) is 42.8 Å². The van der Waals surface area contributed by atoms with Crippen molar-refractivity contribution in [1.29, 1.82) is 0 Å². The molecular formula is C21H25N5OS. The van der Waals surface area contributed by atoms with E-state index in [0.29, 0.717) is 18.2 Å². The number of carbonyl (C=O) groups is 1. The van der Waals surface area contributed by atoms with Gasteiger partial charge < -0.3 is 9.88 Å². The second-order valence-corrected chi connectivity index (χ2v) is 8.14. The van der Waals surface area contributed by atoms with Gasteiger partial charge in [-0.2, -0.15) is 0 Å². The van der Waals surface area contributed by atoms with E-state index in [-0.39, 0.29) is 5.91 Å². The molecule has 0 aliphatic heterocycles. The lowest BCUT2D eigenvalue weighted by atomic mass is 10.2. The van der Waals surface area contributed by atoms with Crippen LogP contribution >= 0.6 is 11.8 Å². The lowest BCUT2D eigenvalue weighted by Crippen LogP contribution is -2.33. The summed E-state index contributed by atoms with van der Waals surface area (Å²) in [5, 5.41) is 12.7. The summed E-state index contributed by atoms with van der Waals surface area (Å²) >= 11 is 1.44. The fourth-order valence-electron chi connectivity index (χ4n) is 3.66. The topological polar surface area (TPSA) is 64.7 Å². The highest BCUT2D eigenvalue weighted by Gasteiger charge is 2.19. The molecule has 2 aromatic heterocycles. The smallest absolute Gasteiger partial charge is 0.230 e. The number of carbonyl (C=O) groups excluding carboxylic acids is 1. The highest BCUT2D eigenvalue weighted by atomic mass is 32.2. The highest BCUT2D eigenvalue weighted by Crippen LogP contribution is 2.24. The second-order valence-electron chi connectivity index (χ2n) is 7.19. The molecule has 7 heteroatoms. The first-order valence-electron chi connectivity index (χ1n) is 9.73. The number of amides is 1. The van der Waals surface area contributed by atoms with Crippen LogP contribution in [0.4, 0.5) is 0 Å². The molecule has 1 aromatic carbocycles. The Labute approximate surface area is 169 Å². The van der Waals surface area contributed by atoms with E-state index in [0.717, 1.165) is 29.5 Å². The van der Waals surface area contributed by atoms with Crippen molar-refractivity contribution in [3.05, 3.63) is 60.2 Å². The van der Waals surface area contributed by atoms with Gasteiger partial charge in [0.1, 0.15) is 5.82 Å². The van der Waals surface area contributed by atoms with Gasteiger partial charge in [0.15, 0.2) is 5.16 Å². The molecule has 1 fully saturated rings. The van der Waals surface area contributed by atoms with E-state index in [1.54, 1.807) is 0 Å². The van der Waals surface area contributed by atoms with Crippen molar-refractivity contribution in [2.45, 2.75) is 43.3 Å². The quantitative estimate of drug-likeness (QED) is 0.623. The predicted molar refractivity (Wildman–Crippen MR) is 111 cm³/mol. The minimum Gasteiger partial charge on any atom is -0.354 e. The molecule has 6 nitrogen and oxygen atoms in total. The highest BCUT2D eigenvalue weighted by molar-refractivity contribution is 7.99. The first-order valence-corrected chi connectivity index (χ1v) is 10.7. The zero-order chi connectivity index (χ0) is 19.3. The summed E-state index contributed by atoms with van der Waals surface area (Å²) in [6, 6.07) is 14.5. The molecule has 4 rings (SSSR count). The third-order valence-corrected chi connectivity index (χ3v) is 6.09. The zero-order valence-electron chi connectivity index (χ0n) is 16.0. The number of benzene rings is 1. The third kappa shape index (κ3) is 4.30. The fraction of sp³-hybridized carbons (Fsp3) is 0.381. The number of aromatic nitrogens is 4. The molecule has 1 N–H and O–H groups in total. The van der Waals surface area contributed by atoms with Crippen LogP contribution in [-0.2, 0) is 18.3 Å². The van der Waals surface area contributed by atoms with Gasteiger partial charge in [-0.25, -0.2) is 0 Å². The Balaban J connectivity index is 1.53. The van der Waals surface area contributed by atoms with Crippen molar-refractivity contribution in [3.8, 4) is 5.69 Å². The number of aryl methyl sites for hydroxylation is 1. The van der Waals surface area contributed by atoms with Gasteiger partial charge in [0.05, 0.1) is 5.75 Å². The molecule has 1 amide bonds. The van der Waals surface area contributed by atoms with E-state index < -0.39 is 0 Å². The molecular weight excluding hydrogens is 370 g/mol. The zero-order valence-corrected chi connectivity index (χ0v) is 16.9. The Morgan fingerprint density at radius 2 is 1.93 bits per heavy atom. The average molecular weight is 396 g/mol. The van der Waals surface area contributed by atoms with Crippen LogP contribution in [0.2, 0.25) is 0 Å². The van der Waals surface area contributed by atoms with Crippen molar-refractivity contribution in [2.24, 2.45) is 7.05 Å². The number of para-hydroxylation sites is 1. The summed E-state index contributed by atoms with van der Waals surface area (Å²) in [7, 11) is 2.03. The normalized spacial score (nSPS) is 14.5. The molecule has 0 spiro atoms. The summed E-state index contributed by atoms with van der Waals surface area (Å²) < 4.78 is 4.15. The molecule has 0 radical (unpaired) electrons. The lowest BCUT2D eigenvalue weighted by molar-refractivity contribution is -0.119. The minimum atomic E-state index is 0.0727. The van der Waals surface area contributed by atoms with Crippen LogP contribution in [0.5, 0.6) is 0 Å². The van der Waals surface area contributed by atoms with Gasteiger partial charge in [0, 0.05) is 37.1 Å². The van der Waals surface area contributed by atoms with Gasteiger partial charge in [-0.15, -0.1) is 10.2 Å². The Hall–Kier alpha value is -2.54. The van der Waals surface area contributed by atoms with Gasteiger partial charge in [0.2, 0.25) is 5.91 Å². The summed E-state index contributed by atoms with van der Waals surface area (Å²) in [6.07, 6.45) is 7.32. The summed E-state index contributed by atoms with van der Waals surface area (Å²) in [5.74, 6) is 1.29. The standard InChI is InChI=1S/C21H25N5OS/c1-25-13-7-12-18(25)14-19-23-24-21(26(19)17-10-3-2-4-11-17)28-15-20(27)22-16-8-5-6-9-16/h2-4,7,10-13,16H,5-6,8-9,14-15H2,1H3,(H,22,27). The van der Waals surface area contributed by atoms with Crippen molar-refractivity contribution >= 4 is 17.7 Å². The number of rotatable bonds is 7. The number of hydrogen-bond acceptors (Lipinski definition) is 4. The van der Waals surface area contributed by atoms with Crippen molar-refractivity contribution in [1.82, 2.24) is 24.6 Å². The lowest BCUT2D eigenvalue weighted by Gasteiger charge is -2.12. The number of nitrogens with one attached hydrogen (secondary N) is 1. The molecule has 2 heterocycles. The minimum absolute atomic E-state index is 0.0727. The predicted octanol–water partition coefficient (Wildman–Crippen LogP) is 3.35. The Bertz CT molecular complexity index is 927. The number of nitrogens with zero attached hydrogens (tertiary/aromatic N) is 4. The van der Waals surface area contributed by atoms with Crippen molar-refractivity contribution in [2.75, 3.05) is 5.75 Å². The number of hydrogen-bond donors (Lipinski definition) is 1. The van der Waals surface area contributed by atoms with Crippen LogP contribution in [-0.4, -0.2) is 37.0 Å². The number of thioether (sulfide) groups is 1. The van der Waals surface area contributed by atoms with Gasteiger partial charge in [-0.3, -0.25) is 9.36 Å². The summed E-state index contributed by atoms with van der Waals surface area (Å²) in [6.45, 7) is 0. The van der Waals surface area contributed by atoms with E-state index in [2.05, 4.69) is 30.7 Å². The van der Waals surface area contributed by atoms with Crippen LogP contribution in [0.25, 0.3) is 5.69 Å². The van der Waals surface area contributed by atoms with E-state index >= 15 is 0 Å². The van der Waals surface area contributed by atoms with E-state index in [9.17, 15) is 4.79 Å². The maximum atomic E-state index is 12.3. The molecule has 1 aliphatic rings. The Morgan fingerprint density at radius 1 is 1.14 bits per heavy atom. The van der Waals surface area contributed by atoms with E-state index in [4.69, 9.17) is 0 Å². The van der Waals surface area contributed by atoms with Crippen LogP contribution in [0.1, 0.15) is 37.2 Å². The van der Waals surface area contributed by atoms with Crippen LogP contribution in [0, 0.1) is 0 Å². The first-order chi connectivity index (χ1) is 13.7. The van der Waals surface area contributed by atoms with Crippen molar-refractivity contribution < 1.29 is 4.79 Å². The van der Waals surface area contributed by atoms with E-state index in [1.165, 1.54) is 30.3 Å². The van der Waals surface area contributed by atoms with Gasteiger partial charge >= 0.3 is 0 Å². The molecule has 0 atom stereocenters. The van der Waals surface area contributed by atoms with Crippen LogP contribution in [0.3, 0.4) is 0 Å². The van der Waals surface area contributed by atoms with Crippen molar-refractivity contribution in [3.63, 3.8) is 0 Å². The summed E-state index contributed by atoms with van der Waals surface area (Å²) in [4.78, 5) is 12.3. The molecule has 28 heavy (non-hydrogen) atoms. The summed E-state index contributed by atoms with van der Waals surface area (Å²) in [5.41, 5.74) is 2.18. The largest absolute Gasteiger partial charge is 0.354 e. The maximum absolute atomic E-state index is 12.3. The molecule has 146 valence electrons. The SMILES string of the molecule is Cn1cccc1Cc1nnc(SCC(=O)NC2CCCC2)n1-c1ccccc1. The monoisotopic (exact) mass is 395 g/mol. The molecule has 1 aliphatic carbocycles. The van der Waals surface area contributed by atoms with Gasteiger partial charge in [-0.05, 0) is 37.1 Å². The molecule has 0 unspecified atom stereocenters. The molecule has 3 aromatic rings. The second kappa shape index (κ2) is 8.65. The Morgan fingerprint density at radius 3 is 2.64 bits per heavy atom. The van der Waals surface area contributed by atoms with Crippen LogP contribution < -0.4 is 5.32 Å². The Kier molecular flexibility index (Phi) is 5.81. The molecule has 1 saturated carbocycles. The van der Waals surface area contributed by atoms with Gasteiger partial charge in [0.25, 0.3) is 0 Å². The first kappa shape index (κ1) is 18.8. The average Bonchev–Trinajstić information content (AvgIpc) is 3.44. The molecule has 0 bridgehead atoms. The third-order valence-electron chi connectivity index (χ3n) is 5.16. The maximum Gasteiger partial charge on any atom is 0.230 e. The fourth-order valence-corrected chi connectivity index (χ4v) is 4.44. The van der Waals surface area contributed by atoms with Crippen LogP contribution in [0.15, 0.2) is 53.8 Å². The molecule has 0 saturated heterocycles. The van der Waals surface area contributed by atoms with E-state index in [1.807, 2.05) is 49.6 Å².